The van der Waals surface area contributed by atoms with Crippen molar-refractivity contribution in [1.29, 1.82) is 0 Å². The number of anilines is 1. The number of carbonyl (C=O) groups is 3. The van der Waals surface area contributed by atoms with Crippen LogP contribution in [-0.4, -0.2) is 34.4 Å². The number of carbonyl (C=O) groups excluding carboxylic acids is 3. The van der Waals surface area contributed by atoms with E-state index in [1.54, 1.807) is 44.2 Å². The first-order valence-electron chi connectivity index (χ1n) is 10.1. The smallest absolute Gasteiger partial charge is 0.350 e. The number of Topliss-reactive ketones (excluding diaryl/α,β-unsaturated/α-hetero) is 1. The first-order chi connectivity index (χ1) is 15.8. The molecule has 0 saturated carbocycles. The molecule has 1 N–H and O–H groups in total. The third-order valence-corrected chi connectivity index (χ3v) is 6.27. The molecule has 168 valence electrons. The van der Waals surface area contributed by atoms with Crippen molar-refractivity contribution in [3.8, 4) is 0 Å². The van der Waals surface area contributed by atoms with E-state index in [4.69, 9.17) is 4.74 Å². The monoisotopic (exact) mass is 466 g/mol. The molecular formula is C24H19FN2O5S. The van der Waals surface area contributed by atoms with Gasteiger partial charge in [-0.05, 0) is 31.5 Å². The van der Waals surface area contributed by atoms with Crippen molar-refractivity contribution in [2.45, 2.75) is 19.9 Å². The number of aliphatic hydroxyl groups is 1. The quantitative estimate of drug-likeness (QED) is 0.259. The van der Waals surface area contributed by atoms with E-state index in [0.717, 1.165) is 16.2 Å². The second-order valence-electron chi connectivity index (χ2n) is 7.22. The van der Waals surface area contributed by atoms with Gasteiger partial charge in [0, 0.05) is 5.56 Å². The van der Waals surface area contributed by atoms with Crippen LogP contribution in [-0.2, 0) is 14.3 Å². The average molecular weight is 466 g/mol. The maximum absolute atomic E-state index is 13.6. The molecule has 9 heteroatoms. The summed E-state index contributed by atoms with van der Waals surface area (Å²) in [7, 11) is 0. The molecule has 7 nitrogen and oxygen atoms in total. The number of thiazole rings is 1. The molecule has 1 aliphatic rings. The molecular weight excluding hydrogens is 447 g/mol. The Kier molecular flexibility index (Phi) is 6.06. The first-order valence-corrected chi connectivity index (χ1v) is 10.9. The average Bonchev–Trinajstić information content (AvgIpc) is 3.32. The van der Waals surface area contributed by atoms with Crippen molar-refractivity contribution >= 4 is 39.9 Å². The second-order valence-corrected chi connectivity index (χ2v) is 8.20. The van der Waals surface area contributed by atoms with Gasteiger partial charge in [-0.1, -0.05) is 53.8 Å². The highest BCUT2D eigenvalue weighted by atomic mass is 32.1. The van der Waals surface area contributed by atoms with E-state index in [2.05, 4.69) is 4.98 Å². The zero-order valence-corrected chi connectivity index (χ0v) is 18.6. The van der Waals surface area contributed by atoms with Gasteiger partial charge < -0.3 is 9.84 Å². The summed E-state index contributed by atoms with van der Waals surface area (Å²) in [6.07, 6.45) is 0. The Balaban J connectivity index is 1.90. The van der Waals surface area contributed by atoms with E-state index >= 15 is 0 Å². The Hall–Kier alpha value is -3.85. The number of amides is 1. The molecule has 0 radical (unpaired) electrons. The van der Waals surface area contributed by atoms with Gasteiger partial charge in [0.25, 0.3) is 5.78 Å². The number of aryl methyl sites for hydroxylation is 1. The topological polar surface area (TPSA) is 96.8 Å². The molecule has 0 spiro atoms. The minimum Gasteiger partial charge on any atom is -0.507 e. The Morgan fingerprint density at radius 2 is 1.82 bits per heavy atom. The Morgan fingerprint density at radius 3 is 2.45 bits per heavy atom. The zero-order chi connectivity index (χ0) is 23.7. The molecule has 1 amide bonds. The lowest BCUT2D eigenvalue weighted by molar-refractivity contribution is -0.132. The summed E-state index contributed by atoms with van der Waals surface area (Å²) in [5.74, 6) is -3.25. The minimum absolute atomic E-state index is 0.0964. The highest BCUT2D eigenvalue weighted by molar-refractivity contribution is 7.17. The molecule has 0 unspecified atom stereocenters. The highest BCUT2D eigenvalue weighted by Gasteiger charge is 2.48. The van der Waals surface area contributed by atoms with Gasteiger partial charge in [0.1, 0.15) is 16.5 Å². The third-order valence-electron chi connectivity index (χ3n) is 5.13. The van der Waals surface area contributed by atoms with E-state index in [-0.39, 0.29) is 27.9 Å². The lowest BCUT2D eigenvalue weighted by atomic mass is 9.95. The number of ether oxygens (including phenoxy) is 1. The summed E-state index contributed by atoms with van der Waals surface area (Å²) in [6.45, 7) is 3.44. The summed E-state index contributed by atoms with van der Waals surface area (Å²) < 4.78 is 18.7. The van der Waals surface area contributed by atoms with Gasteiger partial charge in [0.05, 0.1) is 23.9 Å². The standard InChI is InChI=1S/C24H19FN2O5S/c1-3-32-23(31)21-13(2)26-24(33-21)27-18(14-9-11-16(25)12-10-14)17(20(29)22(27)30)19(28)15-7-5-4-6-8-15/h4-12,18,28H,3H2,1-2H3/t18-/m1/s1. The van der Waals surface area contributed by atoms with E-state index in [9.17, 15) is 23.9 Å². The molecule has 0 bridgehead atoms. The summed E-state index contributed by atoms with van der Waals surface area (Å²) in [4.78, 5) is 44.1. The summed E-state index contributed by atoms with van der Waals surface area (Å²) in [5.41, 5.74) is 0.948. The number of aromatic nitrogens is 1. The summed E-state index contributed by atoms with van der Waals surface area (Å²) >= 11 is 0.911. The zero-order valence-electron chi connectivity index (χ0n) is 17.7. The van der Waals surface area contributed by atoms with Crippen molar-refractivity contribution in [3.05, 3.63) is 87.7 Å². The fourth-order valence-corrected chi connectivity index (χ4v) is 4.60. The molecule has 1 aliphatic heterocycles. The fraction of sp³-hybridized carbons (Fsp3) is 0.167. The van der Waals surface area contributed by atoms with Crippen molar-refractivity contribution < 1.29 is 28.6 Å². The minimum atomic E-state index is -1.06. The third kappa shape index (κ3) is 4.03. The second kappa shape index (κ2) is 8.95. The molecule has 1 fully saturated rings. The maximum atomic E-state index is 13.6. The lowest BCUT2D eigenvalue weighted by Crippen LogP contribution is -2.29. The number of halogens is 1. The Morgan fingerprint density at radius 1 is 1.15 bits per heavy atom. The van der Waals surface area contributed by atoms with Gasteiger partial charge >= 0.3 is 11.9 Å². The molecule has 4 rings (SSSR count). The van der Waals surface area contributed by atoms with Crippen LogP contribution in [0.1, 0.15) is 39.5 Å². The van der Waals surface area contributed by atoms with E-state index < -0.39 is 29.5 Å². The van der Waals surface area contributed by atoms with Crippen molar-refractivity contribution in [2.75, 3.05) is 11.5 Å². The van der Waals surface area contributed by atoms with Crippen LogP contribution in [0.4, 0.5) is 9.52 Å². The number of rotatable bonds is 5. The first kappa shape index (κ1) is 22.3. The van der Waals surface area contributed by atoms with Crippen LogP contribution in [0.15, 0.2) is 60.2 Å². The molecule has 3 aromatic rings. The van der Waals surface area contributed by atoms with Crippen LogP contribution in [0.3, 0.4) is 0 Å². The molecule has 1 aromatic heterocycles. The molecule has 2 heterocycles. The number of aliphatic hydroxyl groups excluding tert-OH is 1. The van der Waals surface area contributed by atoms with Crippen molar-refractivity contribution in [1.82, 2.24) is 4.98 Å². The Labute approximate surface area is 192 Å². The van der Waals surface area contributed by atoms with Crippen LogP contribution in [0.2, 0.25) is 0 Å². The van der Waals surface area contributed by atoms with Crippen molar-refractivity contribution in [2.24, 2.45) is 0 Å². The number of nitrogens with zero attached hydrogens (tertiary/aromatic N) is 2. The van der Waals surface area contributed by atoms with Crippen LogP contribution in [0.5, 0.6) is 0 Å². The van der Waals surface area contributed by atoms with E-state index in [1.165, 1.54) is 24.3 Å². The lowest BCUT2D eigenvalue weighted by Gasteiger charge is -2.23. The number of ketones is 1. The van der Waals surface area contributed by atoms with E-state index in [1.807, 2.05) is 0 Å². The van der Waals surface area contributed by atoms with Crippen LogP contribution >= 0.6 is 11.3 Å². The van der Waals surface area contributed by atoms with Crippen LogP contribution < -0.4 is 4.90 Å². The van der Waals surface area contributed by atoms with Gasteiger partial charge in [-0.15, -0.1) is 0 Å². The summed E-state index contributed by atoms with van der Waals surface area (Å²) in [5, 5.41) is 11.1. The number of esters is 1. The van der Waals surface area contributed by atoms with Gasteiger partial charge in [-0.2, -0.15) is 0 Å². The van der Waals surface area contributed by atoms with Crippen LogP contribution in [0.25, 0.3) is 5.76 Å². The molecule has 1 atom stereocenters. The Bertz CT molecular complexity index is 1270. The highest BCUT2D eigenvalue weighted by Crippen LogP contribution is 2.43. The SMILES string of the molecule is CCOC(=O)c1sc(N2C(=O)C(=O)C(=C(O)c3ccccc3)[C@H]2c2ccc(F)cc2)nc1C. The fourth-order valence-electron chi connectivity index (χ4n) is 3.61. The summed E-state index contributed by atoms with van der Waals surface area (Å²) in [6, 6.07) is 12.6. The predicted octanol–water partition coefficient (Wildman–Crippen LogP) is 4.39. The van der Waals surface area contributed by atoms with Gasteiger partial charge in [0.15, 0.2) is 5.13 Å². The molecule has 1 saturated heterocycles. The molecule has 33 heavy (non-hydrogen) atoms. The van der Waals surface area contributed by atoms with Gasteiger partial charge in [0.2, 0.25) is 0 Å². The van der Waals surface area contributed by atoms with Gasteiger partial charge in [-0.3, -0.25) is 14.5 Å². The molecule has 0 aliphatic carbocycles. The predicted molar refractivity (Wildman–Crippen MR) is 120 cm³/mol. The van der Waals surface area contributed by atoms with Gasteiger partial charge in [-0.25, -0.2) is 14.2 Å². The maximum Gasteiger partial charge on any atom is 0.350 e. The normalized spacial score (nSPS) is 17.4. The van der Waals surface area contributed by atoms with Crippen LogP contribution in [0, 0.1) is 12.7 Å². The van der Waals surface area contributed by atoms with E-state index in [0.29, 0.717) is 16.8 Å². The number of hydrogen-bond acceptors (Lipinski definition) is 7. The molecule has 2 aromatic carbocycles. The van der Waals surface area contributed by atoms with Crippen molar-refractivity contribution in [3.63, 3.8) is 0 Å². The largest absolute Gasteiger partial charge is 0.507 e. The number of hydrogen-bond donors (Lipinski definition) is 1. The number of benzene rings is 2.